The van der Waals surface area contributed by atoms with Gasteiger partial charge in [0, 0.05) is 11.3 Å². The number of nitrogens with zero attached hydrogens (tertiary/aromatic N) is 2. The van der Waals surface area contributed by atoms with E-state index in [1.54, 1.807) is 0 Å². The third kappa shape index (κ3) is 3.15. The van der Waals surface area contributed by atoms with E-state index in [1.165, 1.54) is 6.20 Å². The van der Waals surface area contributed by atoms with E-state index >= 15 is 0 Å². The number of halogens is 2. The normalized spacial score (nSPS) is 10.4. The largest absolute Gasteiger partial charge is 0.338 e. The zero-order valence-corrected chi connectivity index (χ0v) is 12.4. The molecule has 104 valence electrons. The van der Waals surface area contributed by atoms with Crippen molar-refractivity contribution in [1.29, 1.82) is 0 Å². The van der Waals surface area contributed by atoms with Crippen molar-refractivity contribution in [1.82, 2.24) is 9.97 Å². The Bertz CT molecular complexity index is 760. The molecule has 0 atom stereocenters. The van der Waals surface area contributed by atoms with Gasteiger partial charge in [0.25, 0.3) is 0 Å². The molecule has 5 heteroatoms. The van der Waals surface area contributed by atoms with Gasteiger partial charge >= 0.3 is 0 Å². The number of hydrogen-bond acceptors (Lipinski definition) is 3. The van der Waals surface area contributed by atoms with Gasteiger partial charge in [0.05, 0.1) is 6.20 Å². The van der Waals surface area contributed by atoms with Gasteiger partial charge in [-0.1, -0.05) is 60.1 Å². The number of hydrogen-bond donors (Lipinski definition) is 1. The zero-order chi connectivity index (χ0) is 14.7. The summed E-state index contributed by atoms with van der Waals surface area (Å²) >= 11 is 11.9. The van der Waals surface area contributed by atoms with Gasteiger partial charge < -0.3 is 5.32 Å². The number of aromatic nitrogens is 2. The fourth-order valence-electron chi connectivity index (χ4n) is 2.02. The van der Waals surface area contributed by atoms with Crippen LogP contribution in [0.25, 0.3) is 11.1 Å². The Morgan fingerprint density at radius 1 is 0.857 bits per heavy atom. The van der Waals surface area contributed by atoms with Crippen molar-refractivity contribution in [3.05, 3.63) is 71.1 Å². The Morgan fingerprint density at radius 3 is 2.38 bits per heavy atom. The minimum absolute atomic E-state index is 0.152. The summed E-state index contributed by atoms with van der Waals surface area (Å²) < 4.78 is 0. The Hall–Kier alpha value is -2.10. The maximum atomic E-state index is 6.10. The highest BCUT2D eigenvalue weighted by molar-refractivity contribution is 6.33. The topological polar surface area (TPSA) is 37.8 Å². The third-order valence-electron chi connectivity index (χ3n) is 2.98. The molecule has 0 saturated carbocycles. The molecule has 3 rings (SSSR count). The quantitative estimate of drug-likeness (QED) is 0.675. The minimum atomic E-state index is 0.152. The first-order valence-electron chi connectivity index (χ1n) is 6.33. The van der Waals surface area contributed by atoms with Crippen molar-refractivity contribution < 1.29 is 0 Å². The van der Waals surface area contributed by atoms with Crippen LogP contribution >= 0.6 is 23.2 Å². The molecule has 0 unspecified atom stereocenters. The first-order chi connectivity index (χ1) is 10.2. The molecule has 0 saturated heterocycles. The zero-order valence-electron chi connectivity index (χ0n) is 10.9. The molecule has 1 heterocycles. The molecule has 1 aromatic heterocycles. The minimum Gasteiger partial charge on any atom is -0.338 e. The molecule has 3 aromatic rings. The summed E-state index contributed by atoms with van der Waals surface area (Å²) in [5.74, 6) is 0.486. The van der Waals surface area contributed by atoms with Crippen LogP contribution in [0, 0.1) is 0 Å². The lowest BCUT2D eigenvalue weighted by molar-refractivity contribution is 1.17. The maximum absolute atomic E-state index is 6.10. The Labute approximate surface area is 132 Å². The van der Waals surface area contributed by atoms with Crippen molar-refractivity contribution >= 4 is 34.7 Å². The van der Waals surface area contributed by atoms with Gasteiger partial charge in [0.1, 0.15) is 5.02 Å². The van der Waals surface area contributed by atoms with Crippen LogP contribution in [0.3, 0.4) is 0 Å². The van der Waals surface area contributed by atoms with Crippen LogP contribution in [0.15, 0.2) is 60.8 Å². The average molecular weight is 316 g/mol. The summed E-state index contributed by atoms with van der Waals surface area (Å²) in [5.41, 5.74) is 3.07. The van der Waals surface area contributed by atoms with E-state index in [9.17, 15) is 0 Å². The molecular formula is C16H11Cl2N3. The van der Waals surface area contributed by atoms with Crippen molar-refractivity contribution in [2.45, 2.75) is 0 Å². The molecule has 2 aromatic carbocycles. The molecule has 0 spiro atoms. The van der Waals surface area contributed by atoms with Gasteiger partial charge in [-0.15, -0.1) is 0 Å². The van der Waals surface area contributed by atoms with Crippen LogP contribution in [-0.2, 0) is 0 Å². The molecule has 0 amide bonds. The second kappa shape index (κ2) is 6.12. The lowest BCUT2D eigenvalue weighted by Gasteiger charge is -2.12. The molecule has 0 aliphatic rings. The summed E-state index contributed by atoms with van der Waals surface area (Å²) in [6.45, 7) is 0. The van der Waals surface area contributed by atoms with E-state index in [0.717, 1.165) is 16.8 Å². The van der Waals surface area contributed by atoms with Crippen LogP contribution in [0.2, 0.25) is 10.3 Å². The van der Waals surface area contributed by atoms with Crippen LogP contribution in [0.4, 0.5) is 11.5 Å². The second-order valence-electron chi connectivity index (χ2n) is 4.37. The van der Waals surface area contributed by atoms with E-state index in [2.05, 4.69) is 27.4 Å². The molecule has 1 N–H and O–H groups in total. The van der Waals surface area contributed by atoms with Gasteiger partial charge in [0.2, 0.25) is 5.28 Å². The van der Waals surface area contributed by atoms with E-state index in [0.29, 0.717) is 10.8 Å². The number of rotatable bonds is 3. The SMILES string of the molecule is Clc1ncc(Cl)c(Nc2ccccc2-c2ccccc2)n1. The predicted molar refractivity (Wildman–Crippen MR) is 87.2 cm³/mol. The standard InChI is InChI=1S/C16H11Cl2N3/c17-13-10-19-16(18)21-15(13)20-14-9-5-4-8-12(14)11-6-2-1-3-7-11/h1-10H,(H,19,20,21). The van der Waals surface area contributed by atoms with Crippen molar-refractivity contribution in [2.24, 2.45) is 0 Å². The van der Waals surface area contributed by atoms with Gasteiger partial charge in [-0.05, 0) is 23.2 Å². The average Bonchev–Trinajstić information content (AvgIpc) is 2.52. The summed E-state index contributed by atoms with van der Waals surface area (Å²) in [6.07, 6.45) is 1.48. The molecule has 21 heavy (non-hydrogen) atoms. The van der Waals surface area contributed by atoms with Gasteiger partial charge in [-0.25, -0.2) is 4.98 Å². The van der Waals surface area contributed by atoms with E-state index < -0.39 is 0 Å². The smallest absolute Gasteiger partial charge is 0.224 e. The molecule has 0 fully saturated rings. The van der Waals surface area contributed by atoms with Crippen molar-refractivity contribution in [3.8, 4) is 11.1 Å². The second-order valence-corrected chi connectivity index (χ2v) is 5.12. The molecule has 0 aliphatic heterocycles. The highest BCUT2D eigenvalue weighted by atomic mass is 35.5. The van der Waals surface area contributed by atoms with Crippen LogP contribution in [0.5, 0.6) is 0 Å². The molecular weight excluding hydrogens is 305 g/mol. The Morgan fingerprint density at radius 2 is 1.57 bits per heavy atom. The summed E-state index contributed by atoms with van der Waals surface area (Å²) in [5, 5.41) is 3.78. The Balaban J connectivity index is 2.02. The van der Waals surface area contributed by atoms with Gasteiger partial charge in [0.15, 0.2) is 5.82 Å². The fraction of sp³-hybridized carbons (Fsp3) is 0. The Kier molecular flexibility index (Phi) is 4.04. The van der Waals surface area contributed by atoms with Gasteiger partial charge in [-0.2, -0.15) is 4.98 Å². The van der Waals surface area contributed by atoms with Gasteiger partial charge in [-0.3, -0.25) is 0 Å². The highest BCUT2D eigenvalue weighted by Crippen LogP contribution is 2.31. The van der Waals surface area contributed by atoms with E-state index in [1.807, 2.05) is 42.5 Å². The van der Waals surface area contributed by atoms with E-state index in [-0.39, 0.29) is 5.28 Å². The number of benzene rings is 2. The first-order valence-corrected chi connectivity index (χ1v) is 7.09. The van der Waals surface area contributed by atoms with Crippen LogP contribution < -0.4 is 5.32 Å². The van der Waals surface area contributed by atoms with Crippen LogP contribution in [-0.4, -0.2) is 9.97 Å². The first kappa shape index (κ1) is 13.9. The van der Waals surface area contributed by atoms with Crippen molar-refractivity contribution in [2.75, 3.05) is 5.32 Å². The molecule has 0 aliphatic carbocycles. The highest BCUT2D eigenvalue weighted by Gasteiger charge is 2.08. The molecule has 0 radical (unpaired) electrons. The predicted octanol–water partition coefficient (Wildman–Crippen LogP) is 5.19. The number of nitrogens with one attached hydrogen (secondary N) is 1. The number of anilines is 2. The lowest BCUT2D eigenvalue weighted by Crippen LogP contribution is -1.98. The van der Waals surface area contributed by atoms with E-state index in [4.69, 9.17) is 23.2 Å². The third-order valence-corrected chi connectivity index (χ3v) is 3.44. The summed E-state index contributed by atoms with van der Waals surface area (Å²) in [4.78, 5) is 7.96. The molecule has 3 nitrogen and oxygen atoms in total. The monoisotopic (exact) mass is 315 g/mol. The molecule has 0 bridgehead atoms. The van der Waals surface area contributed by atoms with Crippen molar-refractivity contribution in [3.63, 3.8) is 0 Å². The number of para-hydroxylation sites is 1. The summed E-state index contributed by atoms with van der Waals surface area (Å²) in [7, 11) is 0. The fourth-order valence-corrected chi connectivity index (χ4v) is 2.29. The van der Waals surface area contributed by atoms with Crippen LogP contribution in [0.1, 0.15) is 0 Å². The maximum Gasteiger partial charge on any atom is 0.224 e. The lowest BCUT2D eigenvalue weighted by atomic mass is 10.0. The summed E-state index contributed by atoms with van der Waals surface area (Å²) in [6, 6.07) is 18.0.